The van der Waals surface area contributed by atoms with Crippen LogP contribution in [0.25, 0.3) is 10.8 Å². The van der Waals surface area contributed by atoms with Crippen LogP contribution in [0.2, 0.25) is 0 Å². The van der Waals surface area contributed by atoms with Gasteiger partial charge < -0.3 is 14.2 Å². The van der Waals surface area contributed by atoms with Gasteiger partial charge in [-0.05, 0) is 6.07 Å². The normalized spacial score (nSPS) is 12.9. The second kappa shape index (κ2) is 7.32. The van der Waals surface area contributed by atoms with Gasteiger partial charge in [-0.2, -0.15) is 5.10 Å². The average Bonchev–Trinajstić information content (AvgIpc) is 2.74. The van der Waals surface area contributed by atoms with Crippen LogP contribution in [0.1, 0.15) is 21.6 Å². The topological polar surface area (TPSA) is 123 Å². The van der Waals surface area contributed by atoms with E-state index in [-0.39, 0.29) is 36.9 Å². The highest BCUT2D eigenvalue weighted by molar-refractivity contribution is 6.02. The van der Waals surface area contributed by atoms with Crippen molar-refractivity contribution in [2.75, 3.05) is 6.79 Å². The molecule has 10 heteroatoms. The molecule has 0 atom stereocenters. The van der Waals surface area contributed by atoms with Gasteiger partial charge in [-0.1, -0.05) is 18.2 Å². The molecule has 3 aromatic rings. The van der Waals surface area contributed by atoms with Crippen LogP contribution in [0.4, 0.5) is 5.69 Å². The third kappa shape index (κ3) is 3.41. The third-order valence-electron chi connectivity index (χ3n) is 4.49. The van der Waals surface area contributed by atoms with Crippen LogP contribution in [-0.4, -0.2) is 27.5 Å². The minimum atomic E-state index is -0.760. The Hall–Kier alpha value is -3.79. The average molecular weight is 397 g/mol. The van der Waals surface area contributed by atoms with Crippen LogP contribution < -0.4 is 10.3 Å². The van der Waals surface area contributed by atoms with Gasteiger partial charge in [0.15, 0.2) is 12.5 Å². The molecule has 0 amide bonds. The van der Waals surface area contributed by atoms with Gasteiger partial charge in [0.05, 0.1) is 16.9 Å². The predicted molar refractivity (Wildman–Crippen MR) is 99.5 cm³/mol. The van der Waals surface area contributed by atoms with E-state index in [4.69, 9.17) is 14.2 Å². The number of benzene rings is 2. The zero-order valence-electron chi connectivity index (χ0n) is 15.3. The highest BCUT2D eigenvalue weighted by Gasteiger charge is 2.23. The summed E-state index contributed by atoms with van der Waals surface area (Å²) in [4.78, 5) is 35.5. The molecule has 0 spiro atoms. The van der Waals surface area contributed by atoms with Crippen molar-refractivity contribution in [3.8, 4) is 5.75 Å². The Labute approximate surface area is 163 Å². The van der Waals surface area contributed by atoms with Crippen molar-refractivity contribution < 1.29 is 23.9 Å². The SMILES string of the molecule is Cn1nc(C(=O)OCc2cc([N+](=O)[O-])cc3c2OCOC3)c2ccccc2c1=O. The summed E-state index contributed by atoms with van der Waals surface area (Å²) in [7, 11) is 1.44. The first-order valence-electron chi connectivity index (χ1n) is 8.59. The van der Waals surface area contributed by atoms with Crippen molar-refractivity contribution in [1.82, 2.24) is 9.78 Å². The lowest BCUT2D eigenvalue weighted by atomic mass is 10.1. The maximum Gasteiger partial charge on any atom is 0.359 e. The molecule has 0 saturated carbocycles. The van der Waals surface area contributed by atoms with E-state index in [1.165, 1.54) is 19.2 Å². The van der Waals surface area contributed by atoms with E-state index >= 15 is 0 Å². The molecule has 4 rings (SSSR count). The van der Waals surface area contributed by atoms with E-state index in [0.29, 0.717) is 27.6 Å². The number of non-ortho nitro benzene ring substituents is 1. The van der Waals surface area contributed by atoms with Gasteiger partial charge in [-0.25, -0.2) is 9.48 Å². The standard InChI is InChI=1S/C19H15N3O7/c1-21-18(23)15-5-3-2-4-14(15)16(20-21)19(24)28-9-12-7-13(22(25)26)6-11-8-27-10-29-17(11)12/h2-7H,8-10H2,1H3. The molecule has 0 radical (unpaired) electrons. The molecule has 0 fully saturated rings. The maximum absolute atomic E-state index is 12.7. The van der Waals surface area contributed by atoms with Crippen LogP contribution in [0.15, 0.2) is 41.2 Å². The fourth-order valence-electron chi connectivity index (χ4n) is 3.16. The molecule has 0 saturated heterocycles. The molecule has 0 aliphatic carbocycles. The van der Waals surface area contributed by atoms with Crippen LogP contribution >= 0.6 is 0 Å². The fourth-order valence-corrected chi connectivity index (χ4v) is 3.16. The molecule has 0 N–H and O–H groups in total. The number of carbonyl (C=O) groups excluding carboxylic acids is 1. The van der Waals surface area contributed by atoms with Crippen molar-refractivity contribution in [1.29, 1.82) is 0 Å². The summed E-state index contributed by atoms with van der Waals surface area (Å²) < 4.78 is 17.0. The summed E-state index contributed by atoms with van der Waals surface area (Å²) in [5.41, 5.74) is 0.335. The lowest BCUT2D eigenvalue weighted by molar-refractivity contribution is -0.385. The Balaban J connectivity index is 1.67. The second-order valence-corrected chi connectivity index (χ2v) is 6.36. The molecule has 2 aromatic carbocycles. The number of carbonyl (C=O) groups is 1. The van der Waals surface area contributed by atoms with Crippen molar-refractivity contribution >= 4 is 22.4 Å². The molecule has 0 bridgehead atoms. The van der Waals surface area contributed by atoms with E-state index < -0.39 is 10.9 Å². The van der Waals surface area contributed by atoms with Gasteiger partial charge in [-0.15, -0.1) is 0 Å². The van der Waals surface area contributed by atoms with E-state index in [1.807, 2.05) is 0 Å². The number of hydrogen-bond acceptors (Lipinski definition) is 8. The van der Waals surface area contributed by atoms with Crippen LogP contribution in [0.3, 0.4) is 0 Å². The monoisotopic (exact) mass is 397 g/mol. The Kier molecular flexibility index (Phi) is 4.69. The smallest absolute Gasteiger partial charge is 0.359 e. The molecule has 148 valence electrons. The van der Waals surface area contributed by atoms with E-state index in [1.54, 1.807) is 24.3 Å². The van der Waals surface area contributed by atoms with Crippen LogP contribution in [0, 0.1) is 10.1 Å². The van der Waals surface area contributed by atoms with Gasteiger partial charge >= 0.3 is 5.97 Å². The van der Waals surface area contributed by atoms with E-state index in [0.717, 1.165) is 4.68 Å². The zero-order valence-corrected chi connectivity index (χ0v) is 15.3. The molecule has 1 aliphatic heterocycles. The van der Waals surface area contributed by atoms with E-state index in [9.17, 15) is 19.7 Å². The Morgan fingerprint density at radius 2 is 2.07 bits per heavy atom. The summed E-state index contributed by atoms with van der Waals surface area (Å²) in [5, 5.41) is 15.9. The van der Waals surface area contributed by atoms with Crippen molar-refractivity contribution in [2.24, 2.45) is 7.05 Å². The molecule has 29 heavy (non-hydrogen) atoms. The largest absolute Gasteiger partial charge is 0.467 e. The Bertz CT molecular complexity index is 1200. The number of ether oxygens (including phenoxy) is 3. The van der Waals surface area contributed by atoms with Gasteiger partial charge in [-0.3, -0.25) is 14.9 Å². The van der Waals surface area contributed by atoms with Crippen molar-refractivity contribution in [3.63, 3.8) is 0 Å². The molecule has 2 heterocycles. The Morgan fingerprint density at radius 1 is 1.31 bits per heavy atom. The molecule has 1 aromatic heterocycles. The minimum Gasteiger partial charge on any atom is -0.467 e. The number of nitrogens with zero attached hydrogens (tertiary/aromatic N) is 3. The van der Waals surface area contributed by atoms with Crippen molar-refractivity contribution in [2.45, 2.75) is 13.2 Å². The fraction of sp³-hybridized carbons (Fsp3) is 0.211. The van der Waals surface area contributed by atoms with Gasteiger partial charge in [0.2, 0.25) is 0 Å². The predicted octanol–water partition coefficient (Wildman–Crippen LogP) is 2.07. The number of fused-ring (bicyclic) bond motifs is 2. The zero-order chi connectivity index (χ0) is 20.5. The highest BCUT2D eigenvalue weighted by Crippen LogP contribution is 2.33. The number of nitro benzene ring substituents is 1. The number of aryl methyl sites for hydroxylation is 1. The minimum absolute atomic E-state index is 0.00124. The molecule has 10 nitrogen and oxygen atoms in total. The van der Waals surface area contributed by atoms with Gasteiger partial charge in [0.1, 0.15) is 12.4 Å². The van der Waals surface area contributed by atoms with Crippen molar-refractivity contribution in [3.05, 3.63) is 73.7 Å². The van der Waals surface area contributed by atoms with Gasteiger partial charge in [0.25, 0.3) is 11.2 Å². The first kappa shape index (κ1) is 18.6. The lowest BCUT2D eigenvalue weighted by Gasteiger charge is -2.20. The van der Waals surface area contributed by atoms with Gasteiger partial charge in [0, 0.05) is 35.7 Å². The number of aromatic nitrogens is 2. The maximum atomic E-state index is 12.7. The first-order chi connectivity index (χ1) is 14.0. The summed E-state index contributed by atoms with van der Waals surface area (Å²) in [5.74, 6) is -0.364. The highest BCUT2D eigenvalue weighted by atomic mass is 16.7. The number of esters is 1. The molecular weight excluding hydrogens is 382 g/mol. The lowest BCUT2D eigenvalue weighted by Crippen LogP contribution is -2.24. The number of hydrogen-bond donors (Lipinski definition) is 0. The Morgan fingerprint density at radius 3 is 2.83 bits per heavy atom. The summed E-state index contributed by atoms with van der Waals surface area (Å²) in [6, 6.07) is 9.24. The van der Waals surface area contributed by atoms with Crippen LogP contribution in [0.5, 0.6) is 5.75 Å². The molecule has 1 aliphatic rings. The molecule has 0 unspecified atom stereocenters. The summed E-state index contributed by atoms with van der Waals surface area (Å²) >= 11 is 0. The summed E-state index contributed by atoms with van der Waals surface area (Å²) in [6.07, 6.45) is 0. The van der Waals surface area contributed by atoms with Crippen LogP contribution in [-0.2, 0) is 29.7 Å². The quantitative estimate of drug-likeness (QED) is 0.372. The molecular formula is C19H15N3O7. The summed E-state index contributed by atoms with van der Waals surface area (Å²) in [6.45, 7) is -0.106. The third-order valence-corrected chi connectivity index (χ3v) is 4.49. The number of rotatable bonds is 4. The number of nitro groups is 1. The van der Waals surface area contributed by atoms with E-state index in [2.05, 4.69) is 5.10 Å². The second-order valence-electron chi connectivity index (χ2n) is 6.36. The first-order valence-corrected chi connectivity index (χ1v) is 8.59.